The number of nitrogens with one attached hydrogen (secondary N) is 1. The van der Waals surface area contributed by atoms with Gasteiger partial charge in [-0.05, 0) is 35.9 Å². The van der Waals surface area contributed by atoms with Gasteiger partial charge in [0.2, 0.25) is 5.82 Å². The van der Waals surface area contributed by atoms with Gasteiger partial charge in [0.15, 0.2) is 0 Å². The average Bonchev–Trinajstić information content (AvgIpc) is 3.61. The van der Waals surface area contributed by atoms with Gasteiger partial charge in [-0.15, -0.1) is 10.2 Å². The van der Waals surface area contributed by atoms with Crippen molar-refractivity contribution in [2.45, 2.75) is 19.1 Å². The number of aromatic nitrogens is 6. The van der Waals surface area contributed by atoms with Crippen molar-refractivity contribution >= 4 is 28.9 Å². The standard InChI is InChI=1S/C26H29N9O5/c1-16-3-4-17(24-29-31-35(30-24)19-12-33(13-19)26(38)39-2)9-22(16)28-25(37)21-11-27-34-6-5-18(10-23(21)34)32-7-8-40-20(14-32)15-36/h3-6,9-11,19-20,36H,7-8,12-15H2,1-2H3,(H,28,37)/t20-/m0/s1. The molecule has 2 saturated heterocycles. The summed E-state index contributed by atoms with van der Waals surface area (Å²) < 4.78 is 12.0. The lowest BCUT2D eigenvalue weighted by Crippen LogP contribution is -2.51. The number of pyridine rings is 1. The maximum atomic E-state index is 13.4. The van der Waals surface area contributed by atoms with Crippen molar-refractivity contribution in [1.29, 1.82) is 0 Å². The number of aryl methyl sites for hydroxylation is 1. The van der Waals surface area contributed by atoms with Crippen molar-refractivity contribution in [1.82, 2.24) is 34.7 Å². The third-order valence-electron chi connectivity index (χ3n) is 7.25. The number of aliphatic hydroxyl groups is 1. The highest BCUT2D eigenvalue weighted by Gasteiger charge is 2.34. The van der Waals surface area contributed by atoms with Crippen molar-refractivity contribution in [2.75, 3.05) is 56.7 Å². The molecule has 14 heteroatoms. The number of tetrazole rings is 1. The molecule has 14 nitrogen and oxygen atoms in total. The van der Waals surface area contributed by atoms with Gasteiger partial charge in [-0.25, -0.2) is 9.31 Å². The number of benzene rings is 1. The monoisotopic (exact) mass is 547 g/mol. The molecule has 208 valence electrons. The number of methoxy groups -OCH3 is 1. The number of morpholine rings is 1. The number of nitrogens with zero attached hydrogens (tertiary/aromatic N) is 8. The molecule has 0 bridgehead atoms. The van der Waals surface area contributed by atoms with E-state index < -0.39 is 0 Å². The van der Waals surface area contributed by atoms with Crippen LogP contribution in [-0.4, -0.2) is 104 Å². The molecule has 2 N–H and O–H groups in total. The Morgan fingerprint density at radius 3 is 2.85 bits per heavy atom. The van der Waals surface area contributed by atoms with Gasteiger partial charge in [0, 0.05) is 36.2 Å². The fraction of sp³-hybridized carbons (Fsp3) is 0.385. The second-order valence-corrected chi connectivity index (χ2v) is 9.84. The third-order valence-corrected chi connectivity index (χ3v) is 7.25. The number of likely N-dealkylation sites (tertiary alicyclic amines) is 1. The molecule has 6 rings (SSSR count). The number of hydrogen-bond donors (Lipinski definition) is 2. The Labute approximate surface area is 229 Å². The van der Waals surface area contributed by atoms with E-state index in [0.29, 0.717) is 60.9 Å². The van der Waals surface area contributed by atoms with E-state index in [0.717, 1.165) is 11.3 Å². The lowest BCUT2D eigenvalue weighted by Gasteiger charge is -2.36. The first-order chi connectivity index (χ1) is 19.4. The smallest absolute Gasteiger partial charge is 0.409 e. The minimum atomic E-state index is -0.380. The first-order valence-corrected chi connectivity index (χ1v) is 12.9. The van der Waals surface area contributed by atoms with Gasteiger partial charge in [-0.2, -0.15) is 9.90 Å². The van der Waals surface area contributed by atoms with Crippen LogP contribution in [0.3, 0.4) is 0 Å². The summed E-state index contributed by atoms with van der Waals surface area (Å²) in [5.74, 6) is 0.121. The molecule has 0 spiro atoms. The third kappa shape index (κ3) is 4.82. The van der Waals surface area contributed by atoms with Gasteiger partial charge in [-0.3, -0.25) is 4.79 Å². The van der Waals surface area contributed by atoms with E-state index in [9.17, 15) is 14.7 Å². The molecule has 4 aromatic rings. The van der Waals surface area contributed by atoms with Gasteiger partial charge >= 0.3 is 6.09 Å². The maximum absolute atomic E-state index is 13.4. The van der Waals surface area contributed by atoms with Crippen LogP contribution in [0.4, 0.5) is 16.2 Å². The number of rotatable bonds is 6. The SMILES string of the molecule is COC(=O)N1CC(n2nnc(-c3ccc(C)c(NC(=O)c4cnn5ccc(N6CCO[C@H](CO)C6)cc45)c3)n2)C1. The summed E-state index contributed by atoms with van der Waals surface area (Å²) in [6.07, 6.45) is 2.74. The summed E-state index contributed by atoms with van der Waals surface area (Å²) in [6.45, 7) is 4.54. The van der Waals surface area contributed by atoms with E-state index in [1.54, 1.807) is 15.6 Å². The molecule has 2 aliphatic rings. The molecular weight excluding hydrogens is 518 g/mol. The number of ether oxygens (including phenoxy) is 2. The molecule has 2 fully saturated rings. The van der Waals surface area contributed by atoms with Crippen LogP contribution < -0.4 is 10.2 Å². The average molecular weight is 548 g/mol. The Morgan fingerprint density at radius 1 is 1.20 bits per heavy atom. The molecule has 3 aromatic heterocycles. The van der Waals surface area contributed by atoms with Crippen LogP contribution in [0.1, 0.15) is 22.0 Å². The number of carbonyl (C=O) groups excluding carboxylic acids is 2. The van der Waals surface area contributed by atoms with Crippen LogP contribution in [0.2, 0.25) is 0 Å². The van der Waals surface area contributed by atoms with Gasteiger partial charge in [0.05, 0.1) is 56.8 Å². The highest BCUT2D eigenvalue weighted by atomic mass is 16.5. The van der Waals surface area contributed by atoms with Crippen molar-refractivity contribution in [3.05, 3.63) is 53.9 Å². The largest absolute Gasteiger partial charge is 0.453 e. The Bertz CT molecular complexity index is 1560. The summed E-state index contributed by atoms with van der Waals surface area (Å²) in [5.41, 5.74) is 4.22. The molecule has 0 radical (unpaired) electrons. The van der Waals surface area contributed by atoms with Crippen molar-refractivity contribution in [3.63, 3.8) is 0 Å². The van der Waals surface area contributed by atoms with Crippen LogP contribution in [0, 0.1) is 6.92 Å². The minimum absolute atomic E-state index is 0.0437. The molecule has 2 aliphatic heterocycles. The lowest BCUT2D eigenvalue weighted by molar-refractivity contribution is 0.00357. The molecule has 40 heavy (non-hydrogen) atoms. The summed E-state index contributed by atoms with van der Waals surface area (Å²) in [7, 11) is 1.35. The van der Waals surface area contributed by atoms with E-state index >= 15 is 0 Å². The summed E-state index contributed by atoms with van der Waals surface area (Å²) in [5, 5.41) is 29.7. The van der Waals surface area contributed by atoms with E-state index in [1.807, 2.05) is 43.5 Å². The van der Waals surface area contributed by atoms with E-state index in [4.69, 9.17) is 9.47 Å². The minimum Gasteiger partial charge on any atom is -0.453 e. The number of anilines is 2. The normalized spacial score (nSPS) is 17.6. The van der Waals surface area contributed by atoms with Gasteiger partial charge in [-0.1, -0.05) is 12.1 Å². The van der Waals surface area contributed by atoms with Crippen LogP contribution in [0.25, 0.3) is 16.9 Å². The molecule has 0 saturated carbocycles. The van der Waals surface area contributed by atoms with Crippen molar-refractivity contribution in [2.24, 2.45) is 0 Å². The van der Waals surface area contributed by atoms with Gasteiger partial charge in [0.25, 0.3) is 5.91 Å². The van der Waals surface area contributed by atoms with Crippen LogP contribution >= 0.6 is 0 Å². The Morgan fingerprint density at radius 2 is 2.05 bits per heavy atom. The zero-order chi connectivity index (χ0) is 27.8. The zero-order valence-corrected chi connectivity index (χ0v) is 22.1. The molecule has 1 atom stereocenters. The maximum Gasteiger partial charge on any atom is 0.409 e. The molecule has 1 aromatic carbocycles. The Hall–Kier alpha value is -4.56. The number of fused-ring (bicyclic) bond motifs is 1. The van der Waals surface area contributed by atoms with Crippen LogP contribution in [0.15, 0.2) is 42.7 Å². The summed E-state index contributed by atoms with van der Waals surface area (Å²) in [4.78, 5) is 30.2. The van der Waals surface area contributed by atoms with E-state index in [2.05, 4.69) is 30.7 Å². The van der Waals surface area contributed by atoms with E-state index in [1.165, 1.54) is 11.9 Å². The number of amides is 2. The number of aliphatic hydroxyl groups excluding tert-OH is 1. The Kier molecular flexibility index (Phi) is 6.77. The fourth-order valence-electron chi connectivity index (χ4n) is 4.87. The molecule has 2 amide bonds. The van der Waals surface area contributed by atoms with Crippen LogP contribution in [-0.2, 0) is 9.47 Å². The van der Waals surface area contributed by atoms with Gasteiger partial charge in [0.1, 0.15) is 6.04 Å². The first-order valence-electron chi connectivity index (χ1n) is 12.9. The number of carbonyl (C=O) groups is 2. The molecule has 0 unspecified atom stereocenters. The quantitative estimate of drug-likeness (QED) is 0.362. The second kappa shape index (κ2) is 10.5. The molecule has 5 heterocycles. The van der Waals surface area contributed by atoms with Gasteiger partial charge < -0.3 is 29.7 Å². The summed E-state index contributed by atoms with van der Waals surface area (Å²) in [6, 6.07) is 9.37. The highest BCUT2D eigenvalue weighted by Crippen LogP contribution is 2.27. The first kappa shape index (κ1) is 25.7. The second-order valence-electron chi connectivity index (χ2n) is 9.84. The van der Waals surface area contributed by atoms with E-state index in [-0.39, 0.29) is 30.8 Å². The molecule has 0 aliphatic carbocycles. The highest BCUT2D eigenvalue weighted by molar-refractivity contribution is 6.09. The number of hydrogen-bond acceptors (Lipinski definition) is 10. The topological polar surface area (TPSA) is 152 Å². The fourth-order valence-corrected chi connectivity index (χ4v) is 4.87. The Balaban J connectivity index is 1.19. The van der Waals surface area contributed by atoms with Crippen molar-refractivity contribution in [3.8, 4) is 11.4 Å². The lowest BCUT2D eigenvalue weighted by atomic mass is 10.1. The predicted octanol–water partition coefficient (Wildman–Crippen LogP) is 1.37. The van der Waals surface area contributed by atoms with Crippen molar-refractivity contribution < 1.29 is 24.2 Å². The summed E-state index contributed by atoms with van der Waals surface area (Å²) >= 11 is 0. The molecular formula is C26H29N9O5. The van der Waals surface area contributed by atoms with Crippen LogP contribution in [0.5, 0.6) is 0 Å². The zero-order valence-electron chi connectivity index (χ0n) is 22.1. The predicted molar refractivity (Wildman–Crippen MR) is 143 cm³/mol.